The van der Waals surface area contributed by atoms with Crippen molar-refractivity contribution in [2.24, 2.45) is 0 Å². The average Bonchev–Trinajstić information content (AvgIpc) is 3.31. The van der Waals surface area contributed by atoms with E-state index in [-0.39, 0.29) is 19.1 Å². The van der Waals surface area contributed by atoms with Crippen molar-refractivity contribution in [3.05, 3.63) is 77.4 Å². The van der Waals surface area contributed by atoms with E-state index in [1.165, 1.54) is 11.6 Å². The molecule has 0 bridgehead atoms. The standard InChI is InChI=1S/C28H32N2O5/c1-2-21(16-23-8-10-24-25(17-23)35-20-34-24)9-11-26(31)29-28(18-27(32)33)12-14-30(15-13-28)19-22-6-4-3-5-7-22/h3-11,16-17H,2,12-15,18-20H2,1H3,(H,29,31)(H,32,33)/b11-9+,21-16+. The van der Waals surface area contributed by atoms with Crippen molar-refractivity contribution in [3.63, 3.8) is 0 Å². The Morgan fingerprint density at radius 3 is 2.51 bits per heavy atom. The zero-order chi connectivity index (χ0) is 24.7. The minimum atomic E-state index is -0.900. The van der Waals surface area contributed by atoms with Gasteiger partial charge in [-0.3, -0.25) is 14.5 Å². The fourth-order valence-corrected chi connectivity index (χ4v) is 4.59. The van der Waals surface area contributed by atoms with E-state index in [4.69, 9.17) is 9.47 Å². The minimum absolute atomic E-state index is 0.0839. The summed E-state index contributed by atoms with van der Waals surface area (Å²) in [5, 5.41) is 12.5. The van der Waals surface area contributed by atoms with Crippen molar-refractivity contribution in [2.75, 3.05) is 19.9 Å². The molecule has 2 aromatic carbocycles. The van der Waals surface area contributed by atoms with E-state index in [0.29, 0.717) is 18.6 Å². The number of carbonyl (C=O) groups is 2. The van der Waals surface area contributed by atoms with Gasteiger partial charge in [0.1, 0.15) is 0 Å². The number of hydrogen-bond donors (Lipinski definition) is 2. The van der Waals surface area contributed by atoms with E-state index in [9.17, 15) is 14.7 Å². The molecule has 0 atom stereocenters. The maximum atomic E-state index is 12.8. The van der Waals surface area contributed by atoms with Crippen molar-refractivity contribution in [3.8, 4) is 11.5 Å². The summed E-state index contributed by atoms with van der Waals surface area (Å²) in [6, 6.07) is 16.0. The number of carboxylic acid groups (broad SMARTS) is 1. The van der Waals surface area contributed by atoms with E-state index < -0.39 is 11.5 Å². The highest BCUT2D eigenvalue weighted by Gasteiger charge is 2.37. The Hall–Kier alpha value is -3.58. The summed E-state index contributed by atoms with van der Waals surface area (Å²) in [6.07, 6.45) is 7.15. The molecule has 2 heterocycles. The summed E-state index contributed by atoms with van der Waals surface area (Å²) in [5.74, 6) is 0.273. The van der Waals surface area contributed by atoms with Gasteiger partial charge in [0.2, 0.25) is 12.7 Å². The summed E-state index contributed by atoms with van der Waals surface area (Å²) in [6.45, 7) is 4.54. The lowest BCUT2D eigenvalue weighted by molar-refractivity contribution is -0.139. The number of carboxylic acids is 1. The summed E-state index contributed by atoms with van der Waals surface area (Å²) < 4.78 is 10.8. The predicted octanol–water partition coefficient (Wildman–Crippen LogP) is 4.39. The van der Waals surface area contributed by atoms with Crippen LogP contribution in [0.1, 0.15) is 43.7 Å². The maximum Gasteiger partial charge on any atom is 0.305 e. The van der Waals surface area contributed by atoms with Gasteiger partial charge in [-0.1, -0.05) is 55.5 Å². The number of carbonyl (C=O) groups excluding carboxylic acids is 1. The van der Waals surface area contributed by atoms with E-state index in [2.05, 4.69) is 22.3 Å². The van der Waals surface area contributed by atoms with Gasteiger partial charge in [-0.25, -0.2) is 0 Å². The first-order valence-corrected chi connectivity index (χ1v) is 12.0. The van der Waals surface area contributed by atoms with Crippen molar-refractivity contribution in [2.45, 2.75) is 44.7 Å². The molecule has 7 nitrogen and oxygen atoms in total. The number of piperidine rings is 1. The monoisotopic (exact) mass is 476 g/mol. The first-order chi connectivity index (χ1) is 16.9. The number of nitrogens with one attached hydrogen (secondary N) is 1. The summed E-state index contributed by atoms with van der Waals surface area (Å²) in [5.41, 5.74) is 2.42. The van der Waals surface area contributed by atoms with Crippen molar-refractivity contribution >= 4 is 18.0 Å². The molecule has 1 fully saturated rings. The van der Waals surface area contributed by atoms with E-state index >= 15 is 0 Å². The van der Waals surface area contributed by atoms with Crippen LogP contribution in [0.25, 0.3) is 6.08 Å². The quantitative estimate of drug-likeness (QED) is 0.412. The summed E-state index contributed by atoms with van der Waals surface area (Å²) >= 11 is 0. The van der Waals surface area contributed by atoms with Gasteiger partial charge in [0.25, 0.3) is 0 Å². The number of aliphatic carboxylic acids is 1. The number of ether oxygens (including phenoxy) is 2. The lowest BCUT2D eigenvalue weighted by Gasteiger charge is -2.41. The SMILES string of the molecule is CCC(/C=C/C(=O)NC1(CC(=O)O)CCN(Cc2ccccc2)CC1)=C\c1ccc2c(c1)OCO2. The number of fused-ring (bicyclic) bond motifs is 1. The van der Waals surface area contributed by atoms with Gasteiger partial charge >= 0.3 is 5.97 Å². The van der Waals surface area contributed by atoms with Crippen LogP contribution < -0.4 is 14.8 Å². The van der Waals surface area contributed by atoms with Gasteiger partial charge < -0.3 is 19.9 Å². The molecule has 0 aromatic heterocycles. The molecule has 0 radical (unpaired) electrons. The second-order valence-electron chi connectivity index (χ2n) is 9.12. The van der Waals surface area contributed by atoms with Crippen molar-refractivity contribution < 1.29 is 24.2 Å². The maximum absolute atomic E-state index is 12.8. The highest BCUT2D eigenvalue weighted by Crippen LogP contribution is 2.33. The highest BCUT2D eigenvalue weighted by molar-refractivity contribution is 5.89. The molecular weight excluding hydrogens is 444 g/mol. The van der Waals surface area contributed by atoms with Gasteiger partial charge in [-0.05, 0) is 48.1 Å². The molecule has 2 aromatic rings. The molecule has 0 unspecified atom stereocenters. The Kier molecular flexibility index (Phi) is 7.87. The van der Waals surface area contributed by atoms with Crippen LogP contribution in [0.5, 0.6) is 11.5 Å². The molecule has 184 valence electrons. The number of allylic oxidation sites excluding steroid dienone is 2. The first kappa shape index (κ1) is 24.5. The second kappa shape index (κ2) is 11.2. The third kappa shape index (κ3) is 6.73. The van der Waals surface area contributed by atoms with Crippen LogP contribution in [0, 0.1) is 0 Å². The van der Waals surface area contributed by atoms with Crippen LogP contribution in [0.2, 0.25) is 0 Å². The highest BCUT2D eigenvalue weighted by atomic mass is 16.7. The van der Waals surface area contributed by atoms with Gasteiger partial charge in [0.05, 0.1) is 12.0 Å². The zero-order valence-electron chi connectivity index (χ0n) is 20.0. The molecule has 4 rings (SSSR count). The molecule has 2 aliphatic heterocycles. The summed E-state index contributed by atoms with van der Waals surface area (Å²) in [7, 11) is 0. The number of likely N-dealkylation sites (tertiary alicyclic amines) is 1. The fourth-order valence-electron chi connectivity index (χ4n) is 4.59. The number of hydrogen-bond acceptors (Lipinski definition) is 5. The van der Waals surface area contributed by atoms with E-state index in [1.807, 2.05) is 49.4 Å². The molecule has 0 spiro atoms. The fraction of sp³-hybridized carbons (Fsp3) is 0.357. The molecule has 1 amide bonds. The summed E-state index contributed by atoms with van der Waals surface area (Å²) in [4.78, 5) is 26.7. The lowest BCUT2D eigenvalue weighted by atomic mass is 9.84. The Morgan fingerprint density at radius 2 is 1.80 bits per heavy atom. The molecular formula is C28H32N2O5. The van der Waals surface area contributed by atoms with Crippen LogP contribution >= 0.6 is 0 Å². The Labute approximate surface area is 206 Å². The largest absolute Gasteiger partial charge is 0.481 e. The molecule has 7 heteroatoms. The molecule has 0 saturated carbocycles. The van der Waals surface area contributed by atoms with Gasteiger partial charge in [0.15, 0.2) is 11.5 Å². The molecule has 2 N–H and O–H groups in total. The Morgan fingerprint density at radius 1 is 1.06 bits per heavy atom. The minimum Gasteiger partial charge on any atom is -0.481 e. The van der Waals surface area contributed by atoms with Gasteiger partial charge in [-0.2, -0.15) is 0 Å². The van der Waals surface area contributed by atoms with Crippen molar-refractivity contribution in [1.82, 2.24) is 10.2 Å². The number of nitrogens with zero attached hydrogens (tertiary/aromatic N) is 1. The third-order valence-electron chi connectivity index (χ3n) is 6.55. The van der Waals surface area contributed by atoms with Crippen LogP contribution in [0.3, 0.4) is 0 Å². The van der Waals surface area contributed by atoms with Crippen LogP contribution in [-0.2, 0) is 16.1 Å². The number of benzene rings is 2. The number of rotatable bonds is 9. The Balaban J connectivity index is 1.38. The second-order valence-corrected chi connectivity index (χ2v) is 9.12. The van der Waals surface area contributed by atoms with Crippen LogP contribution in [-0.4, -0.2) is 47.3 Å². The lowest BCUT2D eigenvalue weighted by Crippen LogP contribution is -2.55. The first-order valence-electron chi connectivity index (χ1n) is 12.0. The van der Waals surface area contributed by atoms with E-state index in [0.717, 1.165) is 42.9 Å². The molecule has 1 saturated heterocycles. The van der Waals surface area contributed by atoms with Crippen LogP contribution in [0.15, 0.2) is 66.3 Å². The smallest absolute Gasteiger partial charge is 0.305 e. The van der Waals surface area contributed by atoms with Gasteiger partial charge in [-0.15, -0.1) is 0 Å². The van der Waals surface area contributed by atoms with Crippen molar-refractivity contribution in [1.29, 1.82) is 0 Å². The van der Waals surface area contributed by atoms with E-state index in [1.54, 1.807) is 6.08 Å². The zero-order valence-corrected chi connectivity index (χ0v) is 20.0. The Bertz CT molecular complexity index is 1100. The molecule has 35 heavy (non-hydrogen) atoms. The topological polar surface area (TPSA) is 88.1 Å². The van der Waals surface area contributed by atoms with Crippen LogP contribution in [0.4, 0.5) is 0 Å². The molecule has 0 aliphatic carbocycles. The van der Waals surface area contributed by atoms with Gasteiger partial charge in [0, 0.05) is 25.7 Å². The average molecular weight is 477 g/mol. The third-order valence-corrected chi connectivity index (χ3v) is 6.55. The molecule has 2 aliphatic rings. The number of amides is 1. The predicted molar refractivity (Wildman–Crippen MR) is 134 cm³/mol. The normalized spacial score (nSPS) is 17.5.